The molecule has 0 amide bonds. The van der Waals surface area contributed by atoms with Crippen LogP contribution in [-0.4, -0.2) is 30.0 Å². The first-order valence-corrected chi connectivity index (χ1v) is 8.12. The second kappa shape index (κ2) is 6.49. The van der Waals surface area contributed by atoms with Crippen LogP contribution in [0.1, 0.15) is 24.8 Å². The number of benzene rings is 1. The molecule has 3 rings (SSSR count). The summed E-state index contributed by atoms with van der Waals surface area (Å²) in [4.78, 5) is 6.82. The summed E-state index contributed by atoms with van der Waals surface area (Å²) < 4.78 is 0. The lowest BCUT2D eigenvalue weighted by Gasteiger charge is -2.26. The van der Waals surface area contributed by atoms with Gasteiger partial charge in [-0.2, -0.15) is 0 Å². The molecule has 0 bridgehead atoms. The zero-order valence-electron chi connectivity index (χ0n) is 13.5. The third-order valence-corrected chi connectivity index (χ3v) is 4.77. The van der Waals surface area contributed by atoms with Gasteiger partial charge in [-0.1, -0.05) is 30.7 Å². The molecule has 1 saturated carbocycles. The summed E-state index contributed by atoms with van der Waals surface area (Å²) in [7, 11) is 4.41. The fourth-order valence-electron chi connectivity index (χ4n) is 3.71. The maximum absolute atomic E-state index is 5.80. The maximum Gasteiger partial charge on any atom is 0.124 e. The van der Waals surface area contributed by atoms with Gasteiger partial charge in [-0.05, 0) is 63.0 Å². The summed E-state index contributed by atoms with van der Waals surface area (Å²) in [5.74, 6) is 1.34. The van der Waals surface area contributed by atoms with E-state index in [1.165, 1.54) is 24.8 Å². The standard InChI is InChI=1S/C19H25N3/c1-22(2)18-10-4-8-16(18)13-14-6-3-7-15(12-14)17-9-5-11-19(20)21-17/h3,5-7,9,11-12,16,18H,4,8,10,13H2,1-2H3,(H2,20,21). The van der Waals surface area contributed by atoms with Crippen LogP contribution in [0.5, 0.6) is 0 Å². The van der Waals surface area contributed by atoms with Crippen molar-refractivity contribution in [2.24, 2.45) is 5.92 Å². The van der Waals surface area contributed by atoms with Crippen molar-refractivity contribution in [3.63, 3.8) is 0 Å². The monoisotopic (exact) mass is 295 g/mol. The minimum atomic E-state index is 0.575. The number of pyridine rings is 1. The van der Waals surface area contributed by atoms with Crippen LogP contribution in [0.2, 0.25) is 0 Å². The van der Waals surface area contributed by atoms with Gasteiger partial charge in [-0.25, -0.2) is 4.98 Å². The second-order valence-corrected chi connectivity index (χ2v) is 6.57. The van der Waals surface area contributed by atoms with Crippen LogP contribution in [0.25, 0.3) is 11.3 Å². The molecule has 2 aromatic rings. The van der Waals surface area contributed by atoms with Crippen molar-refractivity contribution in [1.82, 2.24) is 9.88 Å². The summed E-state index contributed by atoms with van der Waals surface area (Å²) in [5.41, 5.74) is 9.32. The number of nitrogen functional groups attached to an aromatic ring is 1. The number of rotatable bonds is 4. The van der Waals surface area contributed by atoms with Crippen LogP contribution < -0.4 is 5.73 Å². The lowest BCUT2D eigenvalue weighted by atomic mass is 9.93. The molecule has 116 valence electrons. The van der Waals surface area contributed by atoms with Gasteiger partial charge in [0, 0.05) is 11.6 Å². The van der Waals surface area contributed by atoms with Gasteiger partial charge < -0.3 is 10.6 Å². The Morgan fingerprint density at radius 1 is 1.14 bits per heavy atom. The Hall–Kier alpha value is -1.87. The molecule has 0 aliphatic heterocycles. The number of hydrogen-bond donors (Lipinski definition) is 1. The van der Waals surface area contributed by atoms with Gasteiger partial charge in [-0.15, -0.1) is 0 Å². The lowest BCUT2D eigenvalue weighted by molar-refractivity contribution is 0.236. The highest BCUT2D eigenvalue weighted by molar-refractivity contribution is 5.61. The first kappa shape index (κ1) is 15.0. The highest BCUT2D eigenvalue weighted by atomic mass is 15.1. The minimum absolute atomic E-state index is 0.575. The van der Waals surface area contributed by atoms with Crippen LogP contribution in [-0.2, 0) is 6.42 Å². The predicted molar refractivity (Wildman–Crippen MR) is 92.6 cm³/mol. The van der Waals surface area contributed by atoms with Crippen molar-refractivity contribution in [1.29, 1.82) is 0 Å². The highest BCUT2D eigenvalue weighted by Gasteiger charge is 2.28. The van der Waals surface area contributed by atoms with Crippen molar-refractivity contribution in [3.05, 3.63) is 48.0 Å². The largest absolute Gasteiger partial charge is 0.384 e. The molecule has 0 saturated heterocycles. The first-order chi connectivity index (χ1) is 10.6. The van der Waals surface area contributed by atoms with Gasteiger partial charge in [0.15, 0.2) is 0 Å². The second-order valence-electron chi connectivity index (χ2n) is 6.57. The number of anilines is 1. The Morgan fingerprint density at radius 2 is 1.95 bits per heavy atom. The normalized spacial score (nSPS) is 21.4. The molecule has 3 heteroatoms. The van der Waals surface area contributed by atoms with E-state index in [1.54, 1.807) is 0 Å². The van der Waals surface area contributed by atoms with E-state index < -0.39 is 0 Å². The quantitative estimate of drug-likeness (QED) is 0.937. The van der Waals surface area contributed by atoms with Gasteiger partial charge in [0.2, 0.25) is 0 Å². The third kappa shape index (κ3) is 3.30. The fraction of sp³-hybridized carbons (Fsp3) is 0.421. The van der Waals surface area contributed by atoms with E-state index in [4.69, 9.17) is 5.73 Å². The lowest BCUT2D eigenvalue weighted by Crippen LogP contribution is -2.32. The molecule has 2 unspecified atom stereocenters. The van der Waals surface area contributed by atoms with E-state index in [-0.39, 0.29) is 0 Å². The fourth-order valence-corrected chi connectivity index (χ4v) is 3.71. The Balaban J connectivity index is 1.80. The SMILES string of the molecule is CN(C)C1CCCC1Cc1cccc(-c2cccc(N)n2)c1. The third-order valence-electron chi connectivity index (χ3n) is 4.77. The molecule has 1 aromatic heterocycles. The summed E-state index contributed by atoms with van der Waals surface area (Å²) in [6.45, 7) is 0. The topological polar surface area (TPSA) is 42.1 Å². The molecule has 22 heavy (non-hydrogen) atoms. The molecule has 1 aliphatic rings. The summed E-state index contributed by atoms with van der Waals surface area (Å²) in [6.07, 6.45) is 5.17. The van der Waals surface area contributed by atoms with Gasteiger partial charge >= 0.3 is 0 Å². The Labute approximate surface area is 133 Å². The first-order valence-electron chi connectivity index (χ1n) is 8.12. The van der Waals surface area contributed by atoms with Crippen molar-refractivity contribution < 1.29 is 0 Å². The van der Waals surface area contributed by atoms with Crippen molar-refractivity contribution >= 4 is 5.82 Å². The van der Waals surface area contributed by atoms with Crippen LogP contribution >= 0.6 is 0 Å². The van der Waals surface area contributed by atoms with Crippen LogP contribution in [0.15, 0.2) is 42.5 Å². The van der Waals surface area contributed by atoms with Gasteiger partial charge in [-0.3, -0.25) is 0 Å². The van der Waals surface area contributed by atoms with Crippen molar-refractivity contribution in [2.45, 2.75) is 31.7 Å². The minimum Gasteiger partial charge on any atom is -0.384 e. The Kier molecular flexibility index (Phi) is 4.44. The molecule has 0 spiro atoms. The van der Waals surface area contributed by atoms with Crippen LogP contribution in [0.3, 0.4) is 0 Å². The molecular weight excluding hydrogens is 270 g/mol. The molecule has 2 N–H and O–H groups in total. The molecule has 3 nitrogen and oxygen atoms in total. The maximum atomic E-state index is 5.80. The summed E-state index contributed by atoms with van der Waals surface area (Å²) in [6, 6.07) is 15.3. The van der Waals surface area contributed by atoms with Crippen LogP contribution in [0.4, 0.5) is 5.82 Å². The number of nitrogens with zero attached hydrogens (tertiary/aromatic N) is 2. The predicted octanol–water partition coefficient (Wildman–Crippen LogP) is 3.60. The van der Waals surface area contributed by atoms with E-state index >= 15 is 0 Å². The molecule has 0 radical (unpaired) electrons. The molecular formula is C19H25N3. The van der Waals surface area contributed by atoms with E-state index in [1.807, 2.05) is 18.2 Å². The number of aromatic nitrogens is 1. The average molecular weight is 295 g/mol. The van der Waals surface area contributed by atoms with E-state index in [9.17, 15) is 0 Å². The molecule has 1 aromatic carbocycles. The zero-order valence-corrected chi connectivity index (χ0v) is 13.5. The molecule has 2 atom stereocenters. The molecule has 1 fully saturated rings. The summed E-state index contributed by atoms with van der Waals surface area (Å²) >= 11 is 0. The van der Waals surface area contributed by atoms with Crippen molar-refractivity contribution in [2.75, 3.05) is 19.8 Å². The molecule has 1 aliphatic carbocycles. The zero-order chi connectivity index (χ0) is 15.5. The number of hydrogen-bond acceptors (Lipinski definition) is 3. The van der Waals surface area contributed by atoms with E-state index in [2.05, 4.69) is 48.2 Å². The van der Waals surface area contributed by atoms with Crippen molar-refractivity contribution in [3.8, 4) is 11.3 Å². The van der Waals surface area contributed by atoms with E-state index in [0.717, 1.165) is 23.6 Å². The van der Waals surface area contributed by atoms with Crippen LogP contribution in [0, 0.1) is 5.92 Å². The summed E-state index contributed by atoms with van der Waals surface area (Å²) in [5, 5.41) is 0. The highest BCUT2D eigenvalue weighted by Crippen LogP contribution is 2.32. The smallest absolute Gasteiger partial charge is 0.124 e. The Morgan fingerprint density at radius 3 is 2.73 bits per heavy atom. The van der Waals surface area contributed by atoms with Gasteiger partial charge in [0.05, 0.1) is 5.69 Å². The van der Waals surface area contributed by atoms with E-state index in [0.29, 0.717) is 11.9 Å². The Bertz CT molecular complexity index is 636. The van der Waals surface area contributed by atoms with Gasteiger partial charge in [0.25, 0.3) is 0 Å². The average Bonchev–Trinajstić information content (AvgIpc) is 2.96. The number of nitrogens with two attached hydrogens (primary N) is 1. The molecule has 1 heterocycles. The van der Waals surface area contributed by atoms with Gasteiger partial charge in [0.1, 0.15) is 5.82 Å².